The summed E-state index contributed by atoms with van der Waals surface area (Å²) >= 11 is 0. The lowest BCUT2D eigenvalue weighted by Crippen LogP contribution is -2.62. The quantitative estimate of drug-likeness (QED) is 0.534. The van der Waals surface area contributed by atoms with Crippen LogP contribution in [-0.4, -0.2) is 21.8 Å². The molecule has 0 unspecified atom stereocenters. The van der Waals surface area contributed by atoms with Crippen LogP contribution >= 0.6 is 0 Å². The second kappa shape index (κ2) is 4.45. The van der Waals surface area contributed by atoms with Crippen LogP contribution in [0.3, 0.4) is 0 Å². The van der Waals surface area contributed by atoms with Crippen molar-refractivity contribution in [2.75, 3.05) is 0 Å². The van der Waals surface area contributed by atoms with Crippen molar-refractivity contribution in [3.8, 4) is 0 Å². The Balaban J connectivity index is 1.82. The Kier molecular flexibility index (Phi) is 3.01. The van der Waals surface area contributed by atoms with Gasteiger partial charge in [0.05, 0.1) is 5.41 Å². The average molecular weight is 304 g/mol. The molecule has 0 aromatic heterocycles. The van der Waals surface area contributed by atoms with E-state index in [0.29, 0.717) is 24.7 Å². The third kappa shape index (κ3) is 1.67. The Hall–Kier alpha value is -0.670. The second-order valence-electron chi connectivity index (χ2n) is 8.77. The van der Waals surface area contributed by atoms with Gasteiger partial charge < -0.3 is 10.2 Å². The molecule has 122 valence electrons. The molecule has 0 heterocycles. The lowest BCUT2D eigenvalue weighted by Gasteiger charge is -2.59. The van der Waals surface area contributed by atoms with E-state index in [1.165, 1.54) is 12.8 Å². The number of carbonyl (C=O) groups is 1. The molecule has 5 atom stereocenters. The molecule has 4 rings (SSSR count). The van der Waals surface area contributed by atoms with Crippen molar-refractivity contribution in [3.63, 3.8) is 0 Å². The molecule has 3 heteroatoms. The van der Waals surface area contributed by atoms with Crippen LogP contribution in [0, 0.1) is 28.6 Å². The maximum atomic E-state index is 13.1. The van der Waals surface area contributed by atoms with E-state index in [2.05, 4.69) is 13.0 Å². The summed E-state index contributed by atoms with van der Waals surface area (Å²) in [6.07, 6.45) is 9.53. The van der Waals surface area contributed by atoms with Gasteiger partial charge in [-0.15, -0.1) is 0 Å². The third-order valence-corrected chi connectivity index (χ3v) is 7.76. The minimum Gasteiger partial charge on any atom is -0.365 e. The Morgan fingerprint density at radius 1 is 1.18 bits per heavy atom. The number of fused-ring (bicyclic) bond motifs is 5. The first kappa shape index (κ1) is 14.9. The molecular formula is C19H28O3. The van der Waals surface area contributed by atoms with E-state index < -0.39 is 11.2 Å². The third-order valence-electron chi connectivity index (χ3n) is 7.76. The molecule has 0 amide bonds. The van der Waals surface area contributed by atoms with Crippen molar-refractivity contribution in [2.24, 2.45) is 28.6 Å². The highest BCUT2D eigenvalue weighted by molar-refractivity contribution is 5.85. The number of allylic oxidation sites excluding steroid dienone is 1. The van der Waals surface area contributed by atoms with Crippen molar-refractivity contribution < 1.29 is 15.0 Å². The van der Waals surface area contributed by atoms with Crippen molar-refractivity contribution in [1.29, 1.82) is 0 Å². The van der Waals surface area contributed by atoms with Crippen LogP contribution in [0.1, 0.15) is 65.2 Å². The van der Waals surface area contributed by atoms with E-state index in [1.807, 2.05) is 6.92 Å². The second-order valence-corrected chi connectivity index (χ2v) is 8.77. The number of rotatable bonds is 0. The standard InChI is InChI=1S/C19H28O3/c1-17-9-4-6-14(17)13-8-7-12-5-3-10-19(21,22)18(12,2)16(13)15(20)11-17/h7,13-14,16,21-22H,3-6,8-11H2,1-2H3/t13-,14-,16+,17-,18-/m0/s1. The number of Topliss-reactive ketones (excluding diaryl/α,β-unsaturated/α-hetero) is 1. The molecule has 0 radical (unpaired) electrons. The van der Waals surface area contributed by atoms with E-state index in [1.54, 1.807) is 0 Å². The van der Waals surface area contributed by atoms with Gasteiger partial charge in [0.2, 0.25) is 0 Å². The van der Waals surface area contributed by atoms with Gasteiger partial charge in [0.15, 0.2) is 5.79 Å². The van der Waals surface area contributed by atoms with Crippen molar-refractivity contribution in [2.45, 2.75) is 71.0 Å². The number of hydrogen-bond acceptors (Lipinski definition) is 3. The molecule has 3 nitrogen and oxygen atoms in total. The molecular weight excluding hydrogens is 276 g/mol. The highest BCUT2D eigenvalue weighted by Crippen LogP contribution is 2.65. The summed E-state index contributed by atoms with van der Waals surface area (Å²) in [5, 5.41) is 21.5. The zero-order valence-electron chi connectivity index (χ0n) is 13.8. The number of hydrogen-bond donors (Lipinski definition) is 2. The fourth-order valence-electron chi connectivity index (χ4n) is 6.58. The molecule has 0 spiro atoms. The topological polar surface area (TPSA) is 57.5 Å². The lowest BCUT2D eigenvalue weighted by molar-refractivity contribution is -0.263. The number of aliphatic hydroxyl groups is 2. The van der Waals surface area contributed by atoms with Crippen LogP contribution in [-0.2, 0) is 4.79 Å². The SMILES string of the molecule is C[C@@]12CCC[C@H]1[C@@H]1CC=C3CCCC(O)(O)[C@]3(C)[C@H]1C(=O)C2. The monoisotopic (exact) mass is 304 g/mol. The van der Waals surface area contributed by atoms with E-state index in [0.717, 1.165) is 31.3 Å². The van der Waals surface area contributed by atoms with Gasteiger partial charge in [0.1, 0.15) is 5.78 Å². The largest absolute Gasteiger partial charge is 0.365 e. The van der Waals surface area contributed by atoms with Crippen LogP contribution in [0.2, 0.25) is 0 Å². The summed E-state index contributed by atoms with van der Waals surface area (Å²) in [6, 6.07) is 0. The predicted molar refractivity (Wildman–Crippen MR) is 83.9 cm³/mol. The first-order valence-electron chi connectivity index (χ1n) is 8.97. The highest BCUT2D eigenvalue weighted by atomic mass is 16.5. The van der Waals surface area contributed by atoms with E-state index in [9.17, 15) is 15.0 Å². The average Bonchev–Trinajstić information content (AvgIpc) is 2.80. The zero-order chi connectivity index (χ0) is 15.8. The predicted octanol–water partition coefficient (Wildman–Crippen LogP) is 3.20. The van der Waals surface area contributed by atoms with Crippen LogP contribution in [0.25, 0.3) is 0 Å². The Morgan fingerprint density at radius 3 is 2.73 bits per heavy atom. The molecule has 3 fully saturated rings. The fraction of sp³-hybridized carbons (Fsp3) is 0.842. The fourth-order valence-corrected chi connectivity index (χ4v) is 6.58. The van der Waals surface area contributed by atoms with Gasteiger partial charge in [-0.25, -0.2) is 0 Å². The molecule has 3 saturated carbocycles. The minimum absolute atomic E-state index is 0.155. The Labute approximate surface area is 132 Å². The normalized spacial score (nSPS) is 49.9. The Morgan fingerprint density at radius 2 is 1.95 bits per heavy atom. The summed E-state index contributed by atoms with van der Waals surface area (Å²) in [6.45, 7) is 4.23. The Bertz CT molecular complexity index is 549. The van der Waals surface area contributed by atoms with Gasteiger partial charge in [0, 0.05) is 18.8 Å². The number of carbonyl (C=O) groups excluding carboxylic acids is 1. The number of ketones is 1. The molecule has 0 aromatic rings. The molecule has 4 aliphatic carbocycles. The van der Waals surface area contributed by atoms with Crippen molar-refractivity contribution in [3.05, 3.63) is 11.6 Å². The molecule has 22 heavy (non-hydrogen) atoms. The molecule has 0 bridgehead atoms. The van der Waals surface area contributed by atoms with Crippen LogP contribution < -0.4 is 0 Å². The van der Waals surface area contributed by atoms with Crippen LogP contribution in [0.15, 0.2) is 11.6 Å². The highest BCUT2D eigenvalue weighted by Gasteiger charge is 2.64. The minimum atomic E-state index is -1.73. The smallest absolute Gasteiger partial charge is 0.172 e. The van der Waals surface area contributed by atoms with E-state index >= 15 is 0 Å². The van der Waals surface area contributed by atoms with Crippen LogP contribution in [0.5, 0.6) is 0 Å². The maximum absolute atomic E-state index is 13.1. The van der Waals surface area contributed by atoms with Gasteiger partial charge in [0.25, 0.3) is 0 Å². The van der Waals surface area contributed by atoms with Crippen LogP contribution in [0.4, 0.5) is 0 Å². The van der Waals surface area contributed by atoms with E-state index in [4.69, 9.17) is 0 Å². The molecule has 0 aliphatic heterocycles. The first-order chi connectivity index (χ1) is 10.3. The molecule has 0 saturated heterocycles. The van der Waals surface area contributed by atoms with Gasteiger partial charge in [-0.3, -0.25) is 4.79 Å². The van der Waals surface area contributed by atoms with Gasteiger partial charge >= 0.3 is 0 Å². The van der Waals surface area contributed by atoms with Crippen molar-refractivity contribution >= 4 is 5.78 Å². The van der Waals surface area contributed by atoms with E-state index in [-0.39, 0.29) is 17.1 Å². The molecule has 4 aliphatic rings. The summed E-state index contributed by atoms with van der Waals surface area (Å²) in [7, 11) is 0. The maximum Gasteiger partial charge on any atom is 0.172 e. The van der Waals surface area contributed by atoms with Crippen molar-refractivity contribution in [1.82, 2.24) is 0 Å². The first-order valence-corrected chi connectivity index (χ1v) is 8.97. The zero-order valence-corrected chi connectivity index (χ0v) is 13.8. The van der Waals surface area contributed by atoms with Gasteiger partial charge in [-0.05, 0) is 56.3 Å². The van der Waals surface area contributed by atoms with Gasteiger partial charge in [-0.1, -0.05) is 25.0 Å². The summed E-state index contributed by atoms with van der Waals surface area (Å²) in [5.74, 6) is -0.767. The van der Waals surface area contributed by atoms with Gasteiger partial charge in [-0.2, -0.15) is 0 Å². The summed E-state index contributed by atoms with van der Waals surface area (Å²) in [4.78, 5) is 13.1. The summed E-state index contributed by atoms with van der Waals surface area (Å²) < 4.78 is 0. The molecule has 0 aromatic carbocycles. The lowest BCUT2D eigenvalue weighted by atomic mass is 9.46. The molecule has 2 N–H and O–H groups in total. The summed E-state index contributed by atoms with van der Waals surface area (Å²) in [5.41, 5.74) is 0.511.